The zero-order chi connectivity index (χ0) is 14.1. The maximum atomic E-state index is 11.1. The number of hydrogen-bond acceptors (Lipinski definition) is 4. The average molecular weight is 290 g/mol. The standard InChI is InChI=1S/C14H12ClN3O2/c1-2-13-16-14(20-17-13)7-18-6-9(8-19)11-4-3-10(15)5-12(11)18/h3-6,8H,2,7H2,1H3. The Hall–Kier alpha value is -2.14. The third kappa shape index (κ3) is 2.20. The van der Waals surface area contributed by atoms with Gasteiger partial charge in [0.15, 0.2) is 12.1 Å². The second-order valence-corrected chi connectivity index (χ2v) is 4.89. The predicted molar refractivity (Wildman–Crippen MR) is 75.1 cm³/mol. The molecule has 102 valence electrons. The normalized spacial score (nSPS) is 11.1. The maximum Gasteiger partial charge on any atom is 0.246 e. The SMILES string of the molecule is CCc1noc(Cn2cc(C=O)c3ccc(Cl)cc32)n1. The number of halogens is 1. The maximum absolute atomic E-state index is 11.1. The summed E-state index contributed by atoms with van der Waals surface area (Å²) in [7, 11) is 0. The minimum absolute atomic E-state index is 0.414. The molecule has 6 heteroatoms. The van der Waals surface area contributed by atoms with E-state index in [-0.39, 0.29) is 0 Å². The molecule has 2 aromatic heterocycles. The molecule has 0 fully saturated rings. The van der Waals surface area contributed by atoms with Crippen molar-refractivity contribution < 1.29 is 9.32 Å². The molecule has 0 amide bonds. The van der Waals surface area contributed by atoms with Crippen molar-refractivity contribution >= 4 is 28.8 Å². The minimum atomic E-state index is 0.414. The van der Waals surface area contributed by atoms with E-state index in [1.165, 1.54) is 0 Å². The van der Waals surface area contributed by atoms with E-state index in [1.54, 1.807) is 12.3 Å². The summed E-state index contributed by atoms with van der Waals surface area (Å²) in [4.78, 5) is 15.4. The summed E-state index contributed by atoms with van der Waals surface area (Å²) in [5.74, 6) is 1.18. The number of nitrogens with zero attached hydrogens (tertiary/aromatic N) is 3. The molecule has 0 aliphatic carbocycles. The summed E-state index contributed by atoms with van der Waals surface area (Å²) in [6.07, 6.45) is 3.32. The van der Waals surface area contributed by atoms with Gasteiger partial charge in [0.1, 0.15) is 6.54 Å². The Balaban J connectivity index is 2.06. The highest BCUT2D eigenvalue weighted by Crippen LogP contribution is 2.24. The smallest absolute Gasteiger partial charge is 0.246 e. The molecular weight excluding hydrogens is 278 g/mol. The van der Waals surface area contributed by atoms with Gasteiger partial charge in [-0.15, -0.1) is 0 Å². The molecule has 0 atom stereocenters. The Labute approximate surface area is 120 Å². The fourth-order valence-electron chi connectivity index (χ4n) is 2.16. The van der Waals surface area contributed by atoms with Gasteiger partial charge in [0, 0.05) is 28.6 Å². The summed E-state index contributed by atoms with van der Waals surface area (Å²) in [5, 5.41) is 5.34. The van der Waals surface area contributed by atoms with Gasteiger partial charge in [-0.3, -0.25) is 4.79 Å². The van der Waals surface area contributed by atoms with E-state index in [2.05, 4.69) is 10.1 Å². The van der Waals surface area contributed by atoms with Crippen LogP contribution in [0.4, 0.5) is 0 Å². The van der Waals surface area contributed by atoms with Crippen molar-refractivity contribution in [2.75, 3.05) is 0 Å². The number of aryl methyl sites for hydroxylation is 1. The minimum Gasteiger partial charge on any atom is -0.337 e. The topological polar surface area (TPSA) is 60.9 Å². The molecule has 0 N–H and O–H groups in total. The van der Waals surface area contributed by atoms with E-state index in [0.29, 0.717) is 28.8 Å². The third-order valence-corrected chi connectivity index (χ3v) is 3.37. The second kappa shape index (κ2) is 5.09. The number of aromatic nitrogens is 3. The van der Waals surface area contributed by atoms with Crippen molar-refractivity contribution in [3.8, 4) is 0 Å². The highest BCUT2D eigenvalue weighted by molar-refractivity contribution is 6.31. The van der Waals surface area contributed by atoms with Crippen LogP contribution in [0.2, 0.25) is 5.02 Å². The lowest BCUT2D eigenvalue weighted by molar-refractivity contribution is 0.112. The van der Waals surface area contributed by atoms with Crippen molar-refractivity contribution in [1.82, 2.24) is 14.7 Å². The van der Waals surface area contributed by atoms with E-state index >= 15 is 0 Å². The fraction of sp³-hybridized carbons (Fsp3) is 0.214. The first-order valence-corrected chi connectivity index (χ1v) is 6.64. The lowest BCUT2D eigenvalue weighted by Crippen LogP contribution is -1.98. The summed E-state index contributed by atoms with van der Waals surface area (Å²) >= 11 is 6.02. The molecular formula is C14H12ClN3O2. The number of benzene rings is 1. The average Bonchev–Trinajstić information content (AvgIpc) is 3.04. The lowest BCUT2D eigenvalue weighted by Gasteiger charge is -2.01. The van der Waals surface area contributed by atoms with Gasteiger partial charge in [-0.05, 0) is 12.1 Å². The van der Waals surface area contributed by atoms with E-state index in [1.807, 2.05) is 23.6 Å². The van der Waals surface area contributed by atoms with Gasteiger partial charge < -0.3 is 9.09 Å². The first kappa shape index (κ1) is 12.9. The molecule has 20 heavy (non-hydrogen) atoms. The van der Waals surface area contributed by atoms with Gasteiger partial charge in [0.2, 0.25) is 5.89 Å². The number of carbonyl (C=O) groups is 1. The summed E-state index contributed by atoms with van der Waals surface area (Å²) in [6, 6.07) is 5.42. The highest BCUT2D eigenvalue weighted by Gasteiger charge is 2.12. The van der Waals surface area contributed by atoms with Crippen LogP contribution in [0.25, 0.3) is 10.9 Å². The molecule has 5 nitrogen and oxygen atoms in total. The molecule has 0 spiro atoms. The van der Waals surface area contributed by atoms with Crippen LogP contribution in [0.5, 0.6) is 0 Å². The van der Waals surface area contributed by atoms with Crippen molar-refractivity contribution in [3.63, 3.8) is 0 Å². The first-order chi connectivity index (χ1) is 9.71. The Bertz CT molecular complexity index is 776. The summed E-state index contributed by atoms with van der Waals surface area (Å²) in [5.41, 5.74) is 1.49. The molecule has 2 heterocycles. The molecule has 0 aliphatic heterocycles. The third-order valence-electron chi connectivity index (χ3n) is 3.13. The van der Waals surface area contributed by atoms with Gasteiger partial charge in [0.25, 0.3) is 0 Å². The van der Waals surface area contributed by atoms with E-state index in [9.17, 15) is 4.79 Å². The summed E-state index contributed by atoms with van der Waals surface area (Å²) in [6.45, 7) is 2.38. The monoisotopic (exact) mass is 289 g/mol. The first-order valence-electron chi connectivity index (χ1n) is 6.26. The van der Waals surface area contributed by atoms with E-state index in [4.69, 9.17) is 16.1 Å². The molecule has 0 bridgehead atoms. The van der Waals surface area contributed by atoms with Crippen molar-refractivity contribution in [2.45, 2.75) is 19.9 Å². The molecule has 0 aliphatic rings. The van der Waals surface area contributed by atoms with Gasteiger partial charge in [-0.2, -0.15) is 4.98 Å². The van der Waals surface area contributed by atoms with E-state index in [0.717, 1.165) is 23.6 Å². The Morgan fingerprint density at radius 2 is 2.30 bits per heavy atom. The van der Waals surface area contributed by atoms with Crippen molar-refractivity contribution in [2.24, 2.45) is 0 Å². The van der Waals surface area contributed by atoms with Gasteiger partial charge in [-0.1, -0.05) is 29.7 Å². The van der Waals surface area contributed by atoms with Crippen molar-refractivity contribution in [3.05, 3.63) is 46.7 Å². The zero-order valence-electron chi connectivity index (χ0n) is 10.8. The predicted octanol–water partition coefficient (Wildman–Crippen LogP) is 3.10. The Morgan fingerprint density at radius 3 is 3.00 bits per heavy atom. The lowest BCUT2D eigenvalue weighted by atomic mass is 10.2. The van der Waals surface area contributed by atoms with Gasteiger partial charge >= 0.3 is 0 Å². The van der Waals surface area contributed by atoms with Crippen molar-refractivity contribution in [1.29, 1.82) is 0 Å². The molecule has 0 saturated carbocycles. The molecule has 3 aromatic rings. The van der Waals surface area contributed by atoms with Crippen LogP contribution < -0.4 is 0 Å². The quantitative estimate of drug-likeness (QED) is 0.692. The highest BCUT2D eigenvalue weighted by atomic mass is 35.5. The van der Waals surface area contributed by atoms with Crippen LogP contribution in [0.1, 0.15) is 29.0 Å². The van der Waals surface area contributed by atoms with Crippen LogP contribution in [0.3, 0.4) is 0 Å². The molecule has 0 saturated heterocycles. The van der Waals surface area contributed by atoms with Gasteiger partial charge in [-0.25, -0.2) is 0 Å². The summed E-state index contributed by atoms with van der Waals surface area (Å²) < 4.78 is 7.07. The number of rotatable bonds is 4. The number of aldehydes is 1. The molecule has 0 radical (unpaired) electrons. The van der Waals surface area contributed by atoms with Crippen LogP contribution in [0, 0.1) is 0 Å². The Morgan fingerprint density at radius 1 is 1.45 bits per heavy atom. The van der Waals surface area contributed by atoms with Crippen LogP contribution in [0.15, 0.2) is 28.9 Å². The Kier molecular flexibility index (Phi) is 3.28. The van der Waals surface area contributed by atoms with Gasteiger partial charge in [0.05, 0.1) is 5.52 Å². The molecule has 0 unspecified atom stereocenters. The van der Waals surface area contributed by atoms with Crippen LogP contribution in [-0.2, 0) is 13.0 Å². The zero-order valence-corrected chi connectivity index (χ0v) is 11.6. The van der Waals surface area contributed by atoms with Crippen LogP contribution >= 0.6 is 11.6 Å². The fourth-order valence-corrected chi connectivity index (χ4v) is 2.33. The number of carbonyl (C=O) groups excluding carboxylic acids is 1. The number of fused-ring (bicyclic) bond motifs is 1. The van der Waals surface area contributed by atoms with E-state index < -0.39 is 0 Å². The molecule has 3 rings (SSSR count). The molecule has 1 aromatic carbocycles. The second-order valence-electron chi connectivity index (χ2n) is 4.45. The largest absolute Gasteiger partial charge is 0.337 e. The van der Waals surface area contributed by atoms with Crippen LogP contribution in [-0.4, -0.2) is 21.0 Å². The number of hydrogen-bond donors (Lipinski definition) is 0.